The van der Waals surface area contributed by atoms with E-state index in [0.717, 1.165) is 40.5 Å². The number of fused-ring (bicyclic) bond motifs is 1. The smallest absolute Gasteiger partial charge is 0.237 e. The number of carbonyl (C=O) groups excluding carboxylic acids is 2. The summed E-state index contributed by atoms with van der Waals surface area (Å²) in [6.45, 7) is 4.01. The van der Waals surface area contributed by atoms with Crippen molar-refractivity contribution in [3.05, 3.63) is 60.4 Å². The standard InChI is InChI=1S/C24H27N5O3S/c25-21(30)10-11-29(18-6-2-1-3-7-18)23(31)17-33-24-19-8-4-5-9-20(19)26-22(27-24)16-28-12-14-32-15-13-28/h1-9H,10-17H2,(H2,25,30). The highest BCUT2D eigenvalue weighted by atomic mass is 32.2. The lowest BCUT2D eigenvalue weighted by Gasteiger charge is -2.26. The number of hydrogen-bond donors (Lipinski definition) is 1. The maximum Gasteiger partial charge on any atom is 0.237 e. The molecule has 0 spiro atoms. The number of primary amides is 1. The molecule has 8 nitrogen and oxygen atoms in total. The van der Waals surface area contributed by atoms with Crippen LogP contribution in [0.5, 0.6) is 0 Å². The van der Waals surface area contributed by atoms with Crippen molar-refractivity contribution in [2.75, 3.05) is 43.5 Å². The van der Waals surface area contributed by atoms with Gasteiger partial charge in [-0.15, -0.1) is 0 Å². The molecule has 0 atom stereocenters. The Bertz CT molecular complexity index is 1110. The Balaban J connectivity index is 1.53. The number of aromatic nitrogens is 2. The number of nitrogens with two attached hydrogens (primary N) is 1. The molecule has 0 unspecified atom stereocenters. The van der Waals surface area contributed by atoms with E-state index < -0.39 is 5.91 Å². The Morgan fingerprint density at radius 1 is 1.03 bits per heavy atom. The molecule has 1 fully saturated rings. The molecule has 172 valence electrons. The Hall–Kier alpha value is -3.01. The van der Waals surface area contributed by atoms with Crippen LogP contribution < -0.4 is 10.6 Å². The van der Waals surface area contributed by atoms with Gasteiger partial charge < -0.3 is 15.4 Å². The average Bonchev–Trinajstić information content (AvgIpc) is 2.84. The molecular formula is C24H27N5O3S. The molecule has 0 bridgehead atoms. The molecule has 1 aromatic heterocycles. The number of carbonyl (C=O) groups is 2. The molecule has 2 amide bonds. The van der Waals surface area contributed by atoms with Gasteiger partial charge in [-0.2, -0.15) is 0 Å². The molecule has 1 aliphatic heterocycles. The molecule has 1 aliphatic rings. The summed E-state index contributed by atoms with van der Waals surface area (Å²) in [4.78, 5) is 37.9. The minimum atomic E-state index is -0.439. The molecule has 2 aromatic carbocycles. The number of para-hydroxylation sites is 2. The zero-order valence-electron chi connectivity index (χ0n) is 18.4. The first-order valence-corrected chi connectivity index (χ1v) is 11.9. The fraction of sp³-hybridized carbons (Fsp3) is 0.333. The maximum absolute atomic E-state index is 13.2. The van der Waals surface area contributed by atoms with Gasteiger partial charge in [0.05, 0.1) is 31.0 Å². The second kappa shape index (κ2) is 11.2. The Labute approximate surface area is 197 Å². The van der Waals surface area contributed by atoms with Crippen molar-refractivity contribution in [2.45, 2.75) is 18.0 Å². The molecule has 0 saturated carbocycles. The Morgan fingerprint density at radius 3 is 2.52 bits per heavy atom. The minimum absolute atomic E-state index is 0.103. The van der Waals surface area contributed by atoms with Gasteiger partial charge in [0.15, 0.2) is 0 Å². The van der Waals surface area contributed by atoms with E-state index in [0.29, 0.717) is 19.8 Å². The van der Waals surface area contributed by atoms with Crippen LogP contribution in [0.4, 0.5) is 5.69 Å². The molecule has 1 saturated heterocycles. The summed E-state index contributed by atoms with van der Waals surface area (Å²) in [5.74, 6) is 0.376. The number of rotatable bonds is 9. The molecule has 33 heavy (non-hydrogen) atoms. The second-order valence-corrected chi connectivity index (χ2v) is 8.70. The molecule has 9 heteroatoms. The van der Waals surface area contributed by atoms with Crippen molar-refractivity contribution >= 4 is 40.2 Å². The van der Waals surface area contributed by atoms with Crippen molar-refractivity contribution in [2.24, 2.45) is 5.73 Å². The van der Waals surface area contributed by atoms with Crippen LogP contribution in [-0.4, -0.2) is 65.3 Å². The third kappa shape index (κ3) is 6.28. The number of hydrogen-bond acceptors (Lipinski definition) is 7. The van der Waals surface area contributed by atoms with Crippen molar-refractivity contribution in [1.82, 2.24) is 14.9 Å². The largest absolute Gasteiger partial charge is 0.379 e. The first-order valence-electron chi connectivity index (χ1n) is 10.9. The van der Waals surface area contributed by atoms with E-state index in [4.69, 9.17) is 20.4 Å². The van der Waals surface area contributed by atoms with Crippen molar-refractivity contribution < 1.29 is 14.3 Å². The predicted octanol–water partition coefficient (Wildman–Crippen LogP) is 2.46. The SMILES string of the molecule is NC(=O)CCN(C(=O)CSc1nc(CN2CCOCC2)nc2ccccc12)c1ccccc1. The van der Waals surface area contributed by atoms with E-state index in [1.54, 1.807) is 4.90 Å². The number of thioether (sulfide) groups is 1. The van der Waals surface area contributed by atoms with Gasteiger partial charge in [0.25, 0.3) is 0 Å². The highest BCUT2D eigenvalue weighted by Gasteiger charge is 2.19. The lowest BCUT2D eigenvalue weighted by Crippen LogP contribution is -2.36. The van der Waals surface area contributed by atoms with Gasteiger partial charge in [-0.3, -0.25) is 14.5 Å². The van der Waals surface area contributed by atoms with Gasteiger partial charge in [-0.05, 0) is 18.2 Å². The van der Waals surface area contributed by atoms with Crippen LogP contribution in [0.2, 0.25) is 0 Å². The fourth-order valence-electron chi connectivity index (χ4n) is 3.67. The van der Waals surface area contributed by atoms with Gasteiger partial charge in [0.1, 0.15) is 10.9 Å². The van der Waals surface area contributed by atoms with Crippen LogP contribution >= 0.6 is 11.8 Å². The highest BCUT2D eigenvalue weighted by Crippen LogP contribution is 2.27. The van der Waals surface area contributed by atoms with E-state index in [1.165, 1.54) is 11.8 Å². The summed E-state index contributed by atoms with van der Waals surface area (Å²) in [6, 6.07) is 17.2. The van der Waals surface area contributed by atoms with Crippen LogP contribution in [0.1, 0.15) is 12.2 Å². The van der Waals surface area contributed by atoms with Crippen molar-refractivity contribution in [1.29, 1.82) is 0 Å². The quantitative estimate of drug-likeness (QED) is 0.383. The molecule has 2 heterocycles. The minimum Gasteiger partial charge on any atom is -0.379 e. The van der Waals surface area contributed by atoms with Gasteiger partial charge in [0, 0.05) is 37.1 Å². The van der Waals surface area contributed by atoms with Gasteiger partial charge >= 0.3 is 0 Å². The summed E-state index contributed by atoms with van der Waals surface area (Å²) in [7, 11) is 0. The summed E-state index contributed by atoms with van der Waals surface area (Å²) in [6.07, 6.45) is 0.103. The lowest BCUT2D eigenvalue weighted by molar-refractivity contribution is -0.118. The van der Waals surface area contributed by atoms with Gasteiger partial charge in [-0.1, -0.05) is 48.2 Å². The monoisotopic (exact) mass is 465 g/mol. The van der Waals surface area contributed by atoms with E-state index in [2.05, 4.69) is 4.90 Å². The van der Waals surface area contributed by atoms with Crippen molar-refractivity contribution in [3.63, 3.8) is 0 Å². The normalized spacial score (nSPS) is 14.3. The number of nitrogens with zero attached hydrogens (tertiary/aromatic N) is 4. The summed E-state index contributed by atoms with van der Waals surface area (Å²) in [5, 5.41) is 1.70. The number of amides is 2. The van der Waals surface area contributed by atoms with Crippen LogP contribution in [-0.2, 0) is 20.9 Å². The first kappa shape index (κ1) is 23.2. The average molecular weight is 466 g/mol. The summed E-state index contributed by atoms with van der Waals surface area (Å²) in [5.41, 5.74) is 6.93. The second-order valence-electron chi connectivity index (χ2n) is 7.74. The topological polar surface area (TPSA) is 102 Å². The number of benzene rings is 2. The van der Waals surface area contributed by atoms with E-state index in [1.807, 2.05) is 54.6 Å². The zero-order valence-corrected chi connectivity index (χ0v) is 19.2. The van der Waals surface area contributed by atoms with E-state index in [9.17, 15) is 9.59 Å². The summed E-state index contributed by atoms with van der Waals surface area (Å²) < 4.78 is 5.43. The molecular weight excluding hydrogens is 438 g/mol. The van der Waals surface area contributed by atoms with E-state index >= 15 is 0 Å². The van der Waals surface area contributed by atoms with Gasteiger partial charge in [0.2, 0.25) is 11.8 Å². The van der Waals surface area contributed by atoms with Crippen LogP contribution in [0.3, 0.4) is 0 Å². The van der Waals surface area contributed by atoms with E-state index in [-0.39, 0.29) is 24.6 Å². The molecule has 2 N–H and O–H groups in total. The number of anilines is 1. The fourth-order valence-corrected chi connectivity index (χ4v) is 4.58. The third-order valence-corrected chi connectivity index (χ3v) is 6.34. The van der Waals surface area contributed by atoms with Crippen LogP contribution in [0.15, 0.2) is 59.6 Å². The first-order chi connectivity index (χ1) is 16.1. The molecule has 3 aromatic rings. The third-order valence-electron chi connectivity index (χ3n) is 5.37. The Morgan fingerprint density at radius 2 is 1.76 bits per heavy atom. The highest BCUT2D eigenvalue weighted by molar-refractivity contribution is 8.00. The molecule has 4 rings (SSSR count). The molecule has 0 aliphatic carbocycles. The number of morpholine rings is 1. The van der Waals surface area contributed by atoms with Crippen molar-refractivity contribution in [3.8, 4) is 0 Å². The number of ether oxygens (including phenoxy) is 1. The maximum atomic E-state index is 13.2. The zero-order chi connectivity index (χ0) is 23.0. The summed E-state index contributed by atoms with van der Waals surface area (Å²) >= 11 is 1.39. The molecule has 0 radical (unpaired) electrons. The van der Waals surface area contributed by atoms with Crippen LogP contribution in [0, 0.1) is 0 Å². The lowest BCUT2D eigenvalue weighted by atomic mass is 10.2. The van der Waals surface area contributed by atoms with Crippen LogP contribution in [0.25, 0.3) is 10.9 Å². The predicted molar refractivity (Wildman–Crippen MR) is 129 cm³/mol. The Kier molecular flexibility index (Phi) is 7.87. The van der Waals surface area contributed by atoms with Gasteiger partial charge in [-0.25, -0.2) is 9.97 Å².